The van der Waals surface area contributed by atoms with E-state index in [1.54, 1.807) is 6.20 Å². The van der Waals surface area contributed by atoms with Crippen LogP contribution >= 0.6 is 0 Å². The summed E-state index contributed by atoms with van der Waals surface area (Å²) in [5.74, 6) is -0.203. The van der Waals surface area contributed by atoms with Gasteiger partial charge in [-0.2, -0.15) is 0 Å². The lowest BCUT2D eigenvalue weighted by Gasteiger charge is -2.56. The molecule has 0 radical (unpaired) electrons. The van der Waals surface area contributed by atoms with E-state index in [0.717, 1.165) is 25.7 Å². The Morgan fingerprint density at radius 2 is 1.94 bits per heavy atom. The number of fused-ring (bicyclic) bond motifs is 1. The molecule has 1 unspecified atom stereocenters. The molecule has 3 rings (SSSR count). The highest BCUT2D eigenvalue weighted by Crippen LogP contribution is 2.55. The fraction of sp³-hybridized carbons (Fsp3) is 0.750. The molecule has 172 valence electrons. The van der Waals surface area contributed by atoms with Gasteiger partial charge in [0.25, 0.3) is 5.91 Å². The third-order valence-electron chi connectivity index (χ3n) is 8.11. The van der Waals surface area contributed by atoms with Gasteiger partial charge in [0.05, 0.1) is 12.3 Å². The Morgan fingerprint density at radius 1 is 1.26 bits per heavy atom. The summed E-state index contributed by atoms with van der Waals surface area (Å²) in [6.45, 7) is 11.7. The summed E-state index contributed by atoms with van der Waals surface area (Å²) in [5, 5.41) is 14.6. The molecular weight excluding hydrogens is 392 g/mol. The van der Waals surface area contributed by atoms with Crippen molar-refractivity contribution in [3.63, 3.8) is 0 Å². The topological polar surface area (TPSA) is 95.4 Å². The van der Waals surface area contributed by atoms with Gasteiger partial charge in [0, 0.05) is 37.4 Å². The summed E-state index contributed by atoms with van der Waals surface area (Å²) in [7, 11) is 0. The maximum atomic E-state index is 13.0. The van der Waals surface area contributed by atoms with E-state index in [1.807, 2.05) is 25.7 Å². The van der Waals surface area contributed by atoms with Crippen molar-refractivity contribution >= 4 is 11.8 Å². The van der Waals surface area contributed by atoms with Crippen LogP contribution in [0.4, 0.5) is 0 Å². The number of hydrogen-bond donors (Lipinski definition) is 2. The molecule has 2 aliphatic carbocycles. The van der Waals surface area contributed by atoms with Crippen molar-refractivity contribution in [2.75, 3.05) is 13.1 Å². The average molecular weight is 431 g/mol. The van der Waals surface area contributed by atoms with Crippen LogP contribution in [0.25, 0.3) is 0 Å². The molecule has 2 fully saturated rings. The lowest BCUT2D eigenvalue weighted by molar-refractivity contribution is -0.149. The summed E-state index contributed by atoms with van der Waals surface area (Å²) in [4.78, 5) is 35.6. The van der Waals surface area contributed by atoms with Crippen LogP contribution in [0.15, 0.2) is 18.6 Å². The van der Waals surface area contributed by atoms with Crippen molar-refractivity contribution < 1.29 is 14.7 Å². The molecule has 1 aromatic heterocycles. The minimum atomic E-state index is -0.556. The number of rotatable bonds is 6. The monoisotopic (exact) mass is 430 g/mol. The minimum Gasteiger partial charge on any atom is -0.392 e. The van der Waals surface area contributed by atoms with Crippen LogP contribution in [0.3, 0.4) is 0 Å². The fourth-order valence-electron chi connectivity index (χ4n) is 6.16. The summed E-state index contributed by atoms with van der Waals surface area (Å²) >= 11 is 0. The molecule has 0 bridgehead atoms. The zero-order valence-corrected chi connectivity index (χ0v) is 19.5. The van der Waals surface area contributed by atoms with E-state index in [-0.39, 0.29) is 46.9 Å². The molecule has 0 spiro atoms. The Labute approximate surface area is 186 Å². The number of aliphatic hydroxyl groups is 1. The third kappa shape index (κ3) is 4.61. The predicted octanol–water partition coefficient (Wildman–Crippen LogP) is 2.90. The van der Waals surface area contributed by atoms with Crippen molar-refractivity contribution in [2.24, 2.45) is 29.1 Å². The molecule has 0 aliphatic heterocycles. The quantitative estimate of drug-likeness (QED) is 0.724. The molecule has 7 heteroatoms. The van der Waals surface area contributed by atoms with Crippen LogP contribution in [0.5, 0.6) is 0 Å². The molecule has 2 amide bonds. The third-order valence-corrected chi connectivity index (χ3v) is 8.11. The fourth-order valence-corrected chi connectivity index (χ4v) is 6.16. The van der Waals surface area contributed by atoms with E-state index in [9.17, 15) is 14.7 Å². The first-order valence-corrected chi connectivity index (χ1v) is 11.8. The van der Waals surface area contributed by atoms with Crippen LogP contribution in [-0.2, 0) is 4.79 Å². The Kier molecular flexibility index (Phi) is 7.35. The van der Waals surface area contributed by atoms with Gasteiger partial charge in [0.15, 0.2) is 0 Å². The van der Waals surface area contributed by atoms with E-state index in [2.05, 4.69) is 29.1 Å². The molecule has 0 aromatic carbocycles. The number of hydrogen-bond acceptors (Lipinski definition) is 5. The second-order valence-corrected chi connectivity index (χ2v) is 9.74. The summed E-state index contributed by atoms with van der Waals surface area (Å²) < 4.78 is 0. The molecule has 2 aliphatic rings. The van der Waals surface area contributed by atoms with Gasteiger partial charge in [0.1, 0.15) is 5.69 Å². The zero-order valence-electron chi connectivity index (χ0n) is 19.5. The van der Waals surface area contributed by atoms with Gasteiger partial charge in [-0.25, -0.2) is 4.98 Å². The van der Waals surface area contributed by atoms with Gasteiger partial charge in [0.2, 0.25) is 5.91 Å². The maximum Gasteiger partial charge on any atom is 0.271 e. The van der Waals surface area contributed by atoms with Crippen LogP contribution in [-0.4, -0.2) is 57.0 Å². The Bertz CT molecular complexity index is 769. The molecule has 1 aromatic rings. The zero-order chi connectivity index (χ0) is 22.8. The normalized spacial score (nSPS) is 33.8. The second kappa shape index (κ2) is 9.63. The van der Waals surface area contributed by atoms with Gasteiger partial charge < -0.3 is 15.3 Å². The molecule has 31 heavy (non-hydrogen) atoms. The molecule has 0 saturated heterocycles. The Balaban J connectivity index is 1.75. The van der Waals surface area contributed by atoms with Crippen LogP contribution < -0.4 is 5.32 Å². The standard InChI is InChI=1S/C24H38N4O3/c1-6-28(7-2)23(31)15(3)17-8-10-24(5)11-9-18(16(4)20(24)21(17)29)27-22(30)19-14-25-12-13-26-19/h12-18,20-21,29H,6-11H2,1-5H3,(H,27,30)/t15?,16-,17+,18+,20-,21+,24+/m1/s1. The van der Waals surface area contributed by atoms with Crippen molar-refractivity contribution in [3.05, 3.63) is 24.3 Å². The lowest BCUT2D eigenvalue weighted by atomic mass is 9.51. The average Bonchev–Trinajstić information content (AvgIpc) is 2.76. The highest BCUT2D eigenvalue weighted by molar-refractivity contribution is 5.92. The largest absolute Gasteiger partial charge is 0.392 e. The maximum absolute atomic E-state index is 13.0. The Morgan fingerprint density at radius 3 is 2.55 bits per heavy atom. The van der Waals surface area contributed by atoms with Gasteiger partial charge in [-0.3, -0.25) is 14.6 Å². The first kappa shape index (κ1) is 23.6. The highest BCUT2D eigenvalue weighted by Gasteiger charge is 2.54. The van der Waals surface area contributed by atoms with Crippen LogP contribution in [0.1, 0.15) is 70.8 Å². The van der Waals surface area contributed by atoms with Gasteiger partial charge in [-0.1, -0.05) is 20.8 Å². The number of carbonyl (C=O) groups is 2. The lowest BCUT2D eigenvalue weighted by Crippen LogP contribution is -2.58. The van der Waals surface area contributed by atoms with Crippen LogP contribution in [0.2, 0.25) is 0 Å². The Hall–Kier alpha value is -2.02. The van der Waals surface area contributed by atoms with Gasteiger partial charge in [-0.05, 0) is 62.7 Å². The number of nitrogens with one attached hydrogen (secondary N) is 1. The van der Waals surface area contributed by atoms with Crippen molar-refractivity contribution in [2.45, 2.75) is 72.4 Å². The number of amides is 2. The molecule has 2 N–H and O–H groups in total. The van der Waals surface area contributed by atoms with Crippen molar-refractivity contribution in [1.29, 1.82) is 0 Å². The summed E-state index contributed by atoms with van der Waals surface area (Å²) in [6.07, 6.45) is 7.68. The first-order valence-electron chi connectivity index (χ1n) is 11.8. The molecule has 7 nitrogen and oxygen atoms in total. The molecule has 7 atom stereocenters. The van der Waals surface area contributed by atoms with E-state index in [4.69, 9.17) is 0 Å². The number of aromatic nitrogens is 2. The van der Waals surface area contributed by atoms with Crippen LogP contribution in [0, 0.1) is 29.1 Å². The number of aliphatic hydroxyl groups excluding tert-OH is 1. The van der Waals surface area contributed by atoms with E-state index >= 15 is 0 Å². The SMILES string of the molecule is CCN(CC)C(=O)C(C)[C@@H]1CC[C@@]2(C)CC[C@H](NC(=O)c3cnccn3)[C@@H](C)[C@@H]2[C@H]1O. The van der Waals surface area contributed by atoms with Crippen molar-refractivity contribution in [1.82, 2.24) is 20.2 Å². The van der Waals surface area contributed by atoms with Gasteiger partial charge in [-0.15, -0.1) is 0 Å². The van der Waals surface area contributed by atoms with E-state index < -0.39 is 6.10 Å². The molecular formula is C24H38N4O3. The summed E-state index contributed by atoms with van der Waals surface area (Å²) in [5.41, 5.74) is 0.338. The van der Waals surface area contributed by atoms with Gasteiger partial charge >= 0.3 is 0 Å². The van der Waals surface area contributed by atoms with Crippen molar-refractivity contribution in [3.8, 4) is 0 Å². The molecule has 2 saturated carbocycles. The predicted molar refractivity (Wildman–Crippen MR) is 119 cm³/mol. The smallest absolute Gasteiger partial charge is 0.271 e. The van der Waals surface area contributed by atoms with E-state index in [0.29, 0.717) is 18.8 Å². The van der Waals surface area contributed by atoms with E-state index in [1.165, 1.54) is 12.4 Å². The number of carbonyl (C=O) groups excluding carboxylic acids is 2. The molecule has 1 heterocycles. The number of nitrogens with zero attached hydrogens (tertiary/aromatic N) is 3. The summed E-state index contributed by atoms with van der Waals surface area (Å²) in [6, 6.07) is -0.0326. The minimum absolute atomic E-state index is 0.0288. The second-order valence-electron chi connectivity index (χ2n) is 9.74. The highest BCUT2D eigenvalue weighted by atomic mass is 16.3. The first-order chi connectivity index (χ1) is 14.7.